The molecule has 1 aliphatic carbocycles. The zero-order chi connectivity index (χ0) is 50.2. The average Bonchev–Trinajstić information content (AvgIpc) is 4.35. The molecule has 0 saturated heterocycles. The Kier molecular flexibility index (Phi) is 10.3. The van der Waals surface area contributed by atoms with Crippen molar-refractivity contribution in [3.63, 3.8) is 0 Å². The Balaban J connectivity index is 0.857. The van der Waals surface area contributed by atoms with Crippen LogP contribution in [-0.4, -0.2) is 13.3 Å². The lowest BCUT2D eigenvalue weighted by Crippen LogP contribution is -2.28. The van der Waals surface area contributed by atoms with Crippen LogP contribution in [0.3, 0.4) is 0 Å². The number of nitrogens with zero attached hydrogens (tertiary/aromatic N) is 4. The van der Waals surface area contributed by atoms with E-state index in [9.17, 15) is 0 Å². The second kappa shape index (κ2) is 17.8. The molecule has 0 atom stereocenters. The maximum atomic E-state index is 5.12. The highest BCUT2D eigenvalue weighted by Crippen LogP contribution is 2.56. The minimum atomic E-state index is -0.470. The Morgan fingerprint density at radius 1 is 0.355 bits per heavy atom. The molecule has 1 aliphatic rings. The highest BCUT2D eigenvalue weighted by Gasteiger charge is 2.45. The lowest BCUT2D eigenvalue weighted by atomic mass is 9.68. The zero-order valence-corrected chi connectivity index (χ0v) is 42.1. The number of hydrogen-bond donors (Lipinski definition) is 0. The maximum Gasteiger partial charge on any atom is 0.129 e. The molecule has 0 aliphatic heterocycles. The van der Waals surface area contributed by atoms with Crippen molar-refractivity contribution in [2.24, 2.45) is 0 Å². The number of aromatic nitrogens is 3. The van der Waals surface area contributed by atoms with E-state index in [4.69, 9.17) is 8.75 Å². The van der Waals surface area contributed by atoms with E-state index in [1.165, 1.54) is 77.8 Å². The first-order valence-corrected chi connectivity index (χ1v) is 26.6. The standard InChI is InChI=1S/C71H46N4S/c1-3-16-47(17-4-1)49-32-38-55(39-33-49)74(56-40-34-50(35-41-56)52-31-30-48-18-7-8-19-51(48)46-52)67-45-44-61(69-70(67)73-76-72-69)60-25-15-29-66-68(60)62-24-11-14-28-65(62)75(66)57-42-36-54(37-43-57)71(53-20-5-2-6-21-53)63-26-12-9-22-58(63)59-23-10-13-27-64(59)71/h1-46H. The van der Waals surface area contributed by atoms with E-state index in [1.54, 1.807) is 0 Å². The summed E-state index contributed by atoms with van der Waals surface area (Å²) in [5.74, 6) is 0. The summed E-state index contributed by atoms with van der Waals surface area (Å²) >= 11 is 1.26. The molecule has 15 rings (SSSR count). The first-order valence-electron chi connectivity index (χ1n) is 25.9. The maximum absolute atomic E-state index is 5.12. The molecule has 0 fully saturated rings. The summed E-state index contributed by atoms with van der Waals surface area (Å²) in [5, 5.41) is 4.83. The fraction of sp³-hybridized carbons (Fsp3) is 0.0141. The molecule has 0 saturated carbocycles. The SMILES string of the molecule is c1ccc(-c2ccc(N(c3ccc(-c4ccc5ccccc5c4)cc3)c3ccc(-c4cccc5c4c4ccccc4n5-c4ccc(C5(c6ccccc6)c6ccccc6-c6ccccc65)cc4)c4nsnc34)cc2)cc1. The van der Waals surface area contributed by atoms with E-state index in [1.807, 2.05) is 0 Å². The van der Waals surface area contributed by atoms with Crippen LogP contribution in [0, 0.1) is 0 Å². The summed E-state index contributed by atoms with van der Waals surface area (Å²) in [6, 6.07) is 102. The van der Waals surface area contributed by atoms with Crippen LogP contribution < -0.4 is 4.90 Å². The minimum Gasteiger partial charge on any atom is -0.309 e. The summed E-state index contributed by atoms with van der Waals surface area (Å²) < 4.78 is 12.7. The number of fused-ring (bicyclic) bond motifs is 8. The van der Waals surface area contributed by atoms with E-state index in [0.717, 1.165) is 67.1 Å². The summed E-state index contributed by atoms with van der Waals surface area (Å²) in [6.45, 7) is 0. The number of benzene rings is 12. The van der Waals surface area contributed by atoms with Crippen LogP contribution in [0.1, 0.15) is 22.3 Å². The average molecular weight is 987 g/mol. The van der Waals surface area contributed by atoms with Gasteiger partial charge in [0.05, 0.1) is 33.9 Å². The van der Waals surface area contributed by atoms with E-state index in [0.29, 0.717) is 0 Å². The molecule has 0 bridgehead atoms. The molecule has 356 valence electrons. The molecule has 0 radical (unpaired) electrons. The van der Waals surface area contributed by atoms with Crippen LogP contribution in [-0.2, 0) is 5.41 Å². The molecule has 0 spiro atoms. The smallest absolute Gasteiger partial charge is 0.129 e. The third-order valence-electron chi connectivity index (χ3n) is 15.8. The van der Waals surface area contributed by atoms with Crippen LogP contribution in [0.4, 0.5) is 17.1 Å². The topological polar surface area (TPSA) is 34.0 Å². The summed E-state index contributed by atoms with van der Waals surface area (Å²) in [4.78, 5) is 2.33. The Labute approximate surface area is 445 Å². The predicted octanol–water partition coefficient (Wildman–Crippen LogP) is 18.8. The highest BCUT2D eigenvalue weighted by molar-refractivity contribution is 7.00. The van der Waals surface area contributed by atoms with Gasteiger partial charge in [0.1, 0.15) is 11.0 Å². The molecule has 2 aromatic heterocycles. The third-order valence-corrected chi connectivity index (χ3v) is 16.3. The van der Waals surface area contributed by atoms with Crippen molar-refractivity contribution in [2.45, 2.75) is 5.41 Å². The Morgan fingerprint density at radius 2 is 0.895 bits per heavy atom. The van der Waals surface area contributed by atoms with Gasteiger partial charge in [0.25, 0.3) is 0 Å². The van der Waals surface area contributed by atoms with Gasteiger partial charge in [0.2, 0.25) is 0 Å². The first kappa shape index (κ1) is 43.9. The van der Waals surface area contributed by atoms with Gasteiger partial charge in [-0.3, -0.25) is 0 Å². The number of para-hydroxylation sites is 1. The Hall–Kier alpha value is -9.68. The van der Waals surface area contributed by atoms with Crippen molar-refractivity contribution in [1.29, 1.82) is 0 Å². The van der Waals surface area contributed by atoms with E-state index < -0.39 is 5.41 Å². The fourth-order valence-corrected chi connectivity index (χ4v) is 12.9. The molecule has 4 nitrogen and oxygen atoms in total. The minimum absolute atomic E-state index is 0.470. The second-order valence-corrected chi connectivity index (χ2v) is 20.3. The lowest BCUT2D eigenvalue weighted by molar-refractivity contribution is 0.768. The van der Waals surface area contributed by atoms with Gasteiger partial charge in [-0.25, -0.2) is 0 Å². The van der Waals surface area contributed by atoms with E-state index in [2.05, 4.69) is 289 Å². The summed E-state index contributed by atoms with van der Waals surface area (Å²) in [5.41, 5.74) is 22.2. The summed E-state index contributed by atoms with van der Waals surface area (Å²) in [7, 11) is 0. The third kappa shape index (κ3) is 6.83. The van der Waals surface area contributed by atoms with Gasteiger partial charge in [-0.15, -0.1) is 0 Å². The van der Waals surface area contributed by atoms with Crippen molar-refractivity contribution in [2.75, 3.05) is 4.90 Å². The van der Waals surface area contributed by atoms with Crippen LogP contribution in [0.15, 0.2) is 279 Å². The molecule has 0 unspecified atom stereocenters. The van der Waals surface area contributed by atoms with Gasteiger partial charge < -0.3 is 9.47 Å². The quantitative estimate of drug-likeness (QED) is 0.145. The van der Waals surface area contributed by atoms with Crippen LogP contribution in [0.25, 0.3) is 93.8 Å². The number of hydrogen-bond acceptors (Lipinski definition) is 4. The van der Waals surface area contributed by atoms with E-state index in [-0.39, 0.29) is 0 Å². The lowest BCUT2D eigenvalue weighted by Gasteiger charge is -2.34. The fourth-order valence-electron chi connectivity index (χ4n) is 12.4. The first-order chi connectivity index (χ1) is 37.7. The highest BCUT2D eigenvalue weighted by atomic mass is 32.1. The van der Waals surface area contributed by atoms with Crippen LogP contribution >= 0.6 is 11.7 Å². The molecule has 0 amide bonds. The molecule has 2 heterocycles. The van der Waals surface area contributed by atoms with Crippen LogP contribution in [0.5, 0.6) is 0 Å². The van der Waals surface area contributed by atoms with Crippen molar-refractivity contribution in [3.8, 4) is 50.2 Å². The van der Waals surface area contributed by atoms with Crippen molar-refractivity contribution < 1.29 is 0 Å². The van der Waals surface area contributed by atoms with Crippen molar-refractivity contribution >= 4 is 72.4 Å². The molecular formula is C71H46N4S. The van der Waals surface area contributed by atoms with Gasteiger partial charge in [-0.2, -0.15) is 8.75 Å². The molecule has 12 aromatic carbocycles. The number of anilines is 3. The molecule has 5 heteroatoms. The second-order valence-electron chi connectivity index (χ2n) is 19.8. The van der Waals surface area contributed by atoms with Crippen molar-refractivity contribution in [3.05, 3.63) is 301 Å². The molecular weight excluding hydrogens is 941 g/mol. The zero-order valence-electron chi connectivity index (χ0n) is 41.3. The van der Waals surface area contributed by atoms with Gasteiger partial charge in [-0.1, -0.05) is 212 Å². The Morgan fingerprint density at radius 3 is 1.62 bits per heavy atom. The van der Waals surface area contributed by atoms with Crippen molar-refractivity contribution in [1.82, 2.24) is 13.3 Å². The molecule has 0 N–H and O–H groups in total. The Bertz CT molecular complexity index is 4460. The van der Waals surface area contributed by atoms with E-state index >= 15 is 0 Å². The predicted molar refractivity (Wildman–Crippen MR) is 318 cm³/mol. The normalized spacial score (nSPS) is 12.6. The van der Waals surface area contributed by atoms with Gasteiger partial charge in [-0.05, 0) is 139 Å². The van der Waals surface area contributed by atoms with Crippen LogP contribution in [0.2, 0.25) is 0 Å². The molecule has 14 aromatic rings. The van der Waals surface area contributed by atoms with Gasteiger partial charge >= 0.3 is 0 Å². The summed E-state index contributed by atoms with van der Waals surface area (Å²) in [6.07, 6.45) is 0. The monoisotopic (exact) mass is 986 g/mol. The largest absolute Gasteiger partial charge is 0.309 e. The molecule has 76 heavy (non-hydrogen) atoms. The van der Waals surface area contributed by atoms with Gasteiger partial charge in [0, 0.05) is 33.4 Å². The number of rotatable bonds is 9. The van der Waals surface area contributed by atoms with Gasteiger partial charge in [0.15, 0.2) is 0 Å².